The summed E-state index contributed by atoms with van der Waals surface area (Å²) in [7, 11) is 0. The minimum atomic E-state index is -0.957. The minimum Gasteiger partial charge on any atom is -0.295 e. The number of rotatable bonds is 5. The van der Waals surface area contributed by atoms with Crippen LogP contribution in [0.5, 0.6) is 0 Å². The zero-order chi connectivity index (χ0) is 12.3. The maximum atomic E-state index is 11.6. The number of carbonyl (C=O) groups excluding carboxylic acids is 2. The Balaban J connectivity index is 2.58. The van der Waals surface area contributed by atoms with Gasteiger partial charge in [-0.15, -0.1) is 0 Å². The lowest BCUT2D eigenvalue weighted by atomic mass is 10.1. The van der Waals surface area contributed by atoms with Gasteiger partial charge in [-0.1, -0.05) is 37.8 Å². The summed E-state index contributed by atoms with van der Waals surface area (Å²) in [5.41, 5.74) is -0.957. The molecule has 1 fully saturated rings. The molecule has 0 radical (unpaired) electrons. The van der Waals surface area contributed by atoms with E-state index in [1.165, 1.54) is 4.90 Å². The number of alkyl halides is 1. The zero-order valence-electron chi connectivity index (χ0n) is 9.45. The second-order valence-electron chi connectivity index (χ2n) is 3.99. The standard InChI is InChI=1S/C10H16Cl2N2O2/c1-3-4-5-6-7(2)13-8(11)9(15)14(12)10(13)16/h7-8H,3-6H2,1-2H3. The van der Waals surface area contributed by atoms with E-state index in [-0.39, 0.29) is 6.04 Å². The van der Waals surface area contributed by atoms with Crippen molar-refractivity contribution in [3.8, 4) is 0 Å². The first-order valence-electron chi connectivity index (χ1n) is 5.46. The minimum absolute atomic E-state index is 0.0609. The van der Waals surface area contributed by atoms with E-state index in [9.17, 15) is 9.59 Å². The van der Waals surface area contributed by atoms with E-state index in [0.29, 0.717) is 4.42 Å². The van der Waals surface area contributed by atoms with Gasteiger partial charge < -0.3 is 0 Å². The molecule has 0 spiro atoms. The summed E-state index contributed by atoms with van der Waals surface area (Å²) >= 11 is 11.4. The van der Waals surface area contributed by atoms with Gasteiger partial charge in [0, 0.05) is 17.8 Å². The van der Waals surface area contributed by atoms with E-state index in [1.54, 1.807) is 0 Å². The molecule has 1 aliphatic rings. The van der Waals surface area contributed by atoms with Crippen molar-refractivity contribution in [2.45, 2.75) is 51.1 Å². The van der Waals surface area contributed by atoms with E-state index in [2.05, 4.69) is 6.92 Å². The van der Waals surface area contributed by atoms with Gasteiger partial charge in [-0.05, 0) is 13.3 Å². The predicted molar refractivity (Wildman–Crippen MR) is 63.2 cm³/mol. The first kappa shape index (κ1) is 13.6. The Labute approximate surface area is 106 Å². The average Bonchev–Trinajstić information content (AvgIpc) is 2.44. The highest BCUT2D eigenvalue weighted by atomic mass is 35.5. The van der Waals surface area contributed by atoms with Crippen LogP contribution in [0.4, 0.5) is 4.79 Å². The largest absolute Gasteiger partial charge is 0.343 e. The smallest absolute Gasteiger partial charge is 0.295 e. The second kappa shape index (κ2) is 5.73. The molecule has 1 saturated heterocycles. The Morgan fingerprint density at radius 1 is 1.38 bits per heavy atom. The fraction of sp³-hybridized carbons (Fsp3) is 0.800. The summed E-state index contributed by atoms with van der Waals surface area (Å²) in [4.78, 5) is 24.3. The first-order chi connectivity index (χ1) is 7.50. The molecule has 1 rings (SSSR count). The topological polar surface area (TPSA) is 40.6 Å². The molecule has 6 heteroatoms. The molecular weight excluding hydrogens is 251 g/mol. The number of imide groups is 1. The van der Waals surface area contributed by atoms with Gasteiger partial charge in [0.2, 0.25) is 0 Å². The molecule has 16 heavy (non-hydrogen) atoms. The van der Waals surface area contributed by atoms with Crippen molar-refractivity contribution in [2.75, 3.05) is 0 Å². The van der Waals surface area contributed by atoms with E-state index >= 15 is 0 Å². The van der Waals surface area contributed by atoms with Gasteiger partial charge in [0.25, 0.3) is 5.91 Å². The number of amides is 3. The van der Waals surface area contributed by atoms with Crippen LogP contribution in [-0.4, -0.2) is 32.8 Å². The lowest BCUT2D eigenvalue weighted by Gasteiger charge is -2.24. The maximum Gasteiger partial charge on any atom is 0.343 e. The van der Waals surface area contributed by atoms with Crippen LogP contribution >= 0.6 is 23.4 Å². The molecule has 1 heterocycles. The molecule has 0 aromatic rings. The molecule has 0 aliphatic carbocycles. The van der Waals surface area contributed by atoms with E-state index in [4.69, 9.17) is 23.4 Å². The quantitative estimate of drug-likeness (QED) is 0.252. The molecule has 2 unspecified atom stereocenters. The lowest BCUT2D eigenvalue weighted by molar-refractivity contribution is -0.123. The maximum absolute atomic E-state index is 11.6. The summed E-state index contributed by atoms with van der Waals surface area (Å²) in [6.45, 7) is 3.99. The Bertz CT molecular complexity index is 286. The van der Waals surface area contributed by atoms with Crippen molar-refractivity contribution in [3.05, 3.63) is 0 Å². The number of nitrogens with zero attached hydrogens (tertiary/aromatic N) is 2. The highest BCUT2D eigenvalue weighted by molar-refractivity contribution is 6.42. The zero-order valence-corrected chi connectivity index (χ0v) is 11.0. The van der Waals surface area contributed by atoms with Gasteiger partial charge in [-0.25, -0.2) is 4.79 Å². The second-order valence-corrected chi connectivity index (χ2v) is 4.74. The Hall–Kier alpha value is -0.480. The van der Waals surface area contributed by atoms with Crippen LogP contribution in [0.15, 0.2) is 0 Å². The molecule has 2 atom stereocenters. The molecule has 0 saturated carbocycles. The normalized spacial score (nSPS) is 23.1. The van der Waals surface area contributed by atoms with Gasteiger partial charge in [0.15, 0.2) is 5.50 Å². The molecule has 3 amide bonds. The van der Waals surface area contributed by atoms with Crippen LogP contribution in [-0.2, 0) is 4.79 Å². The highest BCUT2D eigenvalue weighted by Gasteiger charge is 2.45. The SMILES string of the molecule is CCCCCC(C)N1C(=O)N(Cl)C(=O)C1Cl. The summed E-state index contributed by atoms with van der Waals surface area (Å²) < 4.78 is 0.563. The highest BCUT2D eigenvalue weighted by Crippen LogP contribution is 2.26. The van der Waals surface area contributed by atoms with Crippen molar-refractivity contribution in [3.63, 3.8) is 0 Å². The van der Waals surface area contributed by atoms with Gasteiger partial charge in [-0.3, -0.25) is 9.69 Å². The van der Waals surface area contributed by atoms with Crippen molar-refractivity contribution >= 4 is 35.3 Å². The fourth-order valence-electron chi connectivity index (χ4n) is 1.75. The summed E-state index contributed by atoms with van der Waals surface area (Å²) in [5.74, 6) is -0.560. The summed E-state index contributed by atoms with van der Waals surface area (Å²) in [6, 6.07) is -0.579. The summed E-state index contributed by atoms with van der Waals surface area (Å²) in [6.07, 6.45) is 4.08. The van der Waals surface area contributed by atoms with E-state index in [1.807, 2.05) is 6.92 Å². The van der Waals surface area contributed by atoms with Crippen LogP contribution in [0.3, 0.4) is 0 Å². The Morgan fingerprint density at radius 2 is 2.00 bits per heavy atom. The number of urea groups is 1. The van der Waals surface area contributed by atoms with Crippen LogP contribution in [0.1, 0.15) is 39.5 Å². The van der Waals surface area contributed by atoms with Crippen molar-refractivity contribution in [1.29, 1.82) is 0 Å². The van der Waals surface area contributed by atoms with Crippen LogP contribution in [0.25, 0.3) is 0 Å². The average molecular weight is 267 g/mol. The Morgan fingerprint density at radius 3 is 2.44 bits per heavy atom. The Kier molecular flexibility index (Phi) is 4.87. The lowest BCUT2D eigenvalue weighted by Crippen LogP contribution is -2.39. The number of unbranched alkanes of at least 4 members (excludes halogenated alkanes) is 2. The van der Waals surface area contributed by atoms with Gasteiger partial charge in [0.1, 0.15) is 0 Å². The third kappa shape index (κ3) is 2.61. The number of hydrogen-bond acceptors (Lipinski definition) is 2. The van der Waals surface area contributed by atoms with E-state index < -0.39 is 17.4 Å². The molecule has 1 aliphatic heterocycles. The first-order valence-corrected chi connectivity index (χ1v) is 6.24. The molecule has 0 N–H and O–H groups in total. The van der Waals surface area contributed by atoms with Crippen LogP contribution < -0.4 is 0 Å². The van der Waals surface area contributed by atoms with Crippen LogP contribution in [0, 0.1) is 0 Å². The van der Waals surface area contributed by atoms with Crippen molar-refractivity contribution < 1.29 is 9.59 Å². The van der Waals surface area contributed by atoms with Gasteiger partial charge in [-0.2, -0.15) is 4.42 Å². The predicted octanol–water partition coefficient (Wildman–Crippen LogP) is 2.94. The number of hydrogen-bond donors (Lipinski definition) is 0. The van der Waals surface area contributed by atoms with Crippen molar-refractivity contribution in [1.82, 2.24) is 9.32 Å². The summed E-state index contributed by atoms with van der Waals surface area (Å²) in [5, 5.41) is 0. The molecule has 0 aromatic heterocycles. The van der Waals surface area contributed by atoms with Crippen molar-refractivity contribution in [2.24, 2.45) is 0 Å². The van der Waals surface area contributed by atoms with E-state index in [0.717, 1.165) is 25.7 Å². The monoisotopic (exact) mass is 266 g/mol. The fourth-order valence-corrected chi connectivity index (χ4v) is 2.35. The molecule has 92 valence electrons. The number of halogens is 2. The third-order valence-electron chi connectivity index (χ3n) is 2.73. The third-order valence-corrected chi connectivity index (χ3v) is 3.44. The molecule has 4 nitrogen and oxygen atoms in total. The van der Waals surface area contributed by atoms with Gasteiger partial charge in [0.05, 0.1) is 0 Å². The number of carbonyl (C=O) groups is 2. The molecule has 0 bridgehead atoms. The molecule has 0 aromatic carbocycles. The van der Waals surface area contributed by atoms with Crippen LogP contribution in [0.2, 0.25) is 0 Å². The molecular formula is C10H16Cl2N2O2. The van der Waals surface area contributed by atoms with Gasteiger partial charge >= 0.3 is 6.03 Å².